The van der Waals surface area contributed by atoms with Gasteiger partial charge >= 0.3 is 12.0 Å². The second-order valence-corrected chi connectivity index (χ2v) is 6.35. The summed E-state index contributed by atoms with van der Waals surface area (Å²) in [5, 5.41) is 14.7. The molecule has 6 heteroatoms. The first-order valence-electron chi connectivity index (χ1n) is 8.55. The second kappa shape index (κ2) is 8.57. The van der Waals surface area contributed by atoms with Crippen LogP contribution in [0.3, 0.4) is 0 Å². The van der Waals surface area contributed by atoms with E-state index in [1.807, 2.05) is 25.1 Å². The summed E-state index contributed by atoms with van der Waals surface area (Å²) in [6.07, 6.45) is 3.65. The number of carboxylic acids is 1. The number of carbonyl (C=O) groups excluding carboxylic acids is 1. The zero-order valence-electron chi connectivity index (χ0n) is 14.2. The Labute approximate surface area is 142 Å². The highest BCUT2D eigenvalue weighted by molar-refractivity contribution is 5.89. The SMILES string of the molecule is CCC(C)Oc1cccc(NC(=O)NC2CCC(C(=O)O)CC2)c1. The van der Waals surface area contributed by atoms with E-state index in [1.165, 1.54) is 0 Å². The number of carboxylic acid groups (broad SMARTS) is 1. The Bertz CT molecular complexity index is 568. The van der Waals surface area contributed by atoms with E-state index in [4.69, 9.17) is 9.84 Å². The van der Waals surface area contributed by atoms with Crippen LogP contribution in [-0.4, -0.2) is 29.3 Å². The van der Waals surface area contributed by atoms with E-state index in [0.717, 1.165) is 12.2 Å². The van der Waals surface area contributed by atoms with Gasteiger partial charge in [0.1, 0.15) is 5.75 Å². The highest BCUT2D eigenvalue weighted by atomic mass is 16.5. The molecule has 2 rings (SSSR count). The van der Waals surface area contributed by atoms with Gasteiger partial charge in [-0.15, -0.1) is 0 Å². The van der Waals surface area contributed by atoms with Crippen molar-refractivity contribution in [2.75, 3.05) is 5.32 Å². The zero-order valence-corrected chi connectivity index (χ0v) is 14.2. The molecule has 0 bridgehead atoms. The van der Waals surface area contributed by atoms with Crippen LogP contribution < -0.4 is 15.4 Å². The van der Waals surface area contributed by atoms with Crippen LogP contribution in [-0.2, 0) is 4.79 Å². The molecule has 1 aromatic carbocycles. The number of amides is 2. The largest absolute Gasteiger partial charge is 0.491 e. The average molecular weight is 334 g/mol. The summed E-state index contributed by atoms with van der Waals surface area (Å²) in [5.41, 5.74) is 0.674. The number of aliphatic carboxylic acids is 1. The Kier molecular flexibility index (Phi) is 6.46. The molecule has 1 saturated carbocycles. The van der Waals surface area contributed by atoms with Crippen molar-refractivity contribution in [1.29, 1.82) is 0 Å². The average Bonchev–Trinajstić information content (AvgIpc) is 2.55. The van der Waals surface area contributed by atoms with Crippen LogP contribution in [0.5, 0.6) is 5.75 Å². The van der Waals surface area contributed by atoms with E-state index in [1.54, 1.807) is 6.07 Å². The van der Waals surface area contributed by atoms with E-state index in [2.05, 4.69) is 17.6 Å². The highest BCUT2D eigenvalue weighted by Gasteiger charge is 2.26. The number of hydrogen-bond acceptors (Lipinski definition) is 3. The van der Waals surface area contributed by atoms with Gasteiger partial charge < -0.3 is 20.5 Å². The summed E-state index contributed by atoms with van der Waals surface area (Å²) in [5.74, 6) is -0.291. The van der Waals surface area contributed by atoms with E-state index in [9.17, 15) is 9.59 Å². The standard InChI is InChI=1S/C18H26N2O4/c1-3-12(2)24-16-6-4-5-15(11-16)20-18(23)19-14-9-7-13(8-10-14)17(21)22/h4-6,11-14H,3,7-10H2,1-2H3,(H,21,22)(H2,19,20,23). The third-order valence-electron chi connectivity index (χ3n) is 4.42. The van der Waals surface area contributed by atoms with Crippen LogP contribution in [0.15, 0.2) is 24.3 Å². The van der Waals surface area contributed by atoms with Gasteiger partial charge in [-0.3, -0.25) is 4.79 Å². The summed E-state index contributed by atoms with van der Waals surface area (Å²) >= 11 is 0. The van der Waals surface area contributed by atoms with Crippen molar-refractivity contribution < 1.29 is 19.4 Å². The number of rotatable bonds is 6. The Morgan fingerprint density at radius 1 is 1.29 bits per heavy atom. The molecule has 6 nitrogen and oxygen atoms in total. The molecular weight excluding hydrogens is 308 g/mol. The van der Waals surface area contributed by atoms with Gasteiger partial charge in [-0.1, -0.05) is 13.0 Å². The van der Waals surface area contributed by atoms with Gasteiger partial charge in [-0.25, -0.2) is 4.79 Å². The summed E-state index contributed by atoms with van der Waals surface area (Å²) in [6.45, 7) is 4.06. The molecule has 1 aliphatic carbocycles. The minimum Gasteiger partial charge on any atom is -0.491 e. The van der Waals surface area contributed by atoms with E-state index in [0.29, 0.717) is 31.4 Å². The Morgan fingerprint density at radius 3 is 2.62 bits per heavy atom. The number of nitrogens with one attached hydrogen (secondary N) is 2. The minimum absolute atomic E-state index is 0.0279. The monoisotopic (exact) mass is 334 g/mol. The molecular formula is C18H26N2O4. The number of ether oxygens (including phenoxy) is 1. The molecule has 3 N–H and O–H groups in total. The van der Waals surface area contributed by atoms with Gasteiger partial charge in [0.05, 0.1) is 12.0 Å². The number of benzene rings is 1. The molecule has 1 atom stereocenters. The normalized spacial score (nSPS) is 21.6. The molecule has 0 aromatic heterocycles. The first kappa shape index (κ1) is 18.1. The second-order valence-electron chi connectivity index (χ2n) is 6.35. The van der Waals surface area contributed by atoms with Gasteiger partial charge in [-0.2, -0.15) is 0 Å². The van der Waals surface area contributed by atoms with Crippen LogP contribution in [0.2, 0.25) is 0 Å². The maximum atomic E-state index is 12.1. The van der Waals surface area contributed by atoms with Crippen molar-refractivity contribution in [2.24, 2.45) is 5.92 Å². The lowest BCUT2D eigenvalue weighted by atomic mass is 9.86. The molecule has 0 saturated heterocycles. The summed E-state index contributed by atoms with van der Waals surface area (Å²) < 4.78 is 5.74. The smallest absolute Gasteiger partial charge is 0.319 e. The lowest BCUT2D eigenvalue weighted by Gasteiger charge is -2.26. The first-order chi connectivity index (χ1) is 11.5. The fourth-order valence-corrected chi connectivity index (χ4v) is 2.80. The van der Waals surface area contributed by atoms with Crippen LogP contribution in [0, 0.1) is 5.92 Å². The lowest BCUT2D eigenvalue weighted by molar-refractivity contribution is -0.142. The molecule has 2 amide bonds. The molecule has 0 aliphatic heterocycles. The van der Waals surface area contributed by atoms with Gasteiger partial charge in [-0.05, 0) is 51.2 Å². The minimum atomic E-state index is -0.740. The van der Waals surface area contributed by atoms with Crippen molar-refractivity contribution in [1.82, 2.24) is 5.32 Å². The van der Waals surface area contributed by atoms with Crippen LogP contribution >= 0.6 is 0 Å². The molecule has 0 heterocycles. The maximum Gasteiger partial charge on any atom is 0.319 e. The van der Waals surface area contributed by atoms with E-state index < -0.39 is 5.97 Å². The molecule has 24 heavy (non-hydrogen) atoms. The lowest BCUT2D eigenvalue weighted by Crippen LogP contribution is -2.40. The fraction of sp³-hybridized carbons (Fsp3) is 0.556. The van der Waals surface area contributed by atoms with Crippen LogP contribution in [0.25, 0.3) is 0 Å². The maximum absolute atomic E-state index is 12.1. The van der Waals surface area contributed by atoms with Gasteiger partial charge in [0.2, 0.25) is 0 Å². The Balaban J connectivity index is 1.82. The van der Waals surface area contributed by atoms with Gasteiger partial charge in [0.15, 0.2) is 0 Å². The third kappa shape index (κ3) is 5.44. The fourth-order valence-electron chi connectivity index (χ4n) is 2.80. The molecule has 1 unspecified atom stereocenters. The van der Waals surface area contributed by atoms with Crippen LogP contribution in [0.4, 0.5) is 10.5 Å². The molecule has 1 aliphatic rings. The molecule has 0 radical (unpaired) electrons. The summed E-state index contributed by atoms with van der Waals surface area (Å²) in [4.78, 5) is 23.0. The van der Waals surface area contributed by atoms with Crippen molar-refractivity contribution >= 4 is 17.7 Å². The van der Waals surface area contributed by atoms with Gasteiger partial charge in [0.25, 0.3) is 0 Å². The first-order valence-corrected chi connectivity index (χ1v) is 8.55. The van der Waals surface area contributed by atoms with Crippen molar-refractivity contribution in [2.45, 2.75) is 58.1 Å². The molecule has 1 aromatic rings. The van der Waals surface area contributed by atoms with Crippen LogP contribution in [0.1, 0.15) is 46.0 Å². The predicted octanol–water partition coefficient (Wildman–Crippen LogP) is 3.63. The Morgan fingerprint density at radius 2 is 2.00 bits per heavy atom. The summed E-state index contributed by atoms with van der Waals surface area (Å²) in [7, 11) is 0. The van der Waals surface area contributed by atoms with Gasteiger partial charge in [0, 0.05) is 17.8 Å². The third-order valence-corrected chi connectivity index (χ3v) is 4.42. The van der Waals surface area contributed by atoms with Crippen molar-refractivity contribution in [3.05, 3.63) is 24.3 Å². The highest BCUT2D eigenvalue weighted by Crippen LogP contribution is 2.24. The number of anilines is 1. The zero-order chi connectivity index (χ0) is 17.5. The quantitative estimate of drug-likeness (QED) is 0.741. The van der Waals surface area contributed by atoms with E-state index >= 15 is 0 Å². The number of urea groups is 1. The molecule has 0 spiro atoms. The van der Waals surface area contributed by atoms with E-state index in [-0.39, 0.29) is 24.1 Å². The van der Waals surface area contributed by atoms with Crippen molar-refractivity contribution in [3.8, 4) is 5.75 Å². The Hall–Kier alpha value is -2.24. The topological polar surface area (TPSA) is 87.7 Å². The van der Waals surface area contributed by atoms with Crippen molar-refractivity contribution in [3.63, 3.8) is 0 Å². The molecule has 132 valence electrons. The predicted molar refractivity (Wildman–Crippen MR) is 92.4 cm³/mol. The number of hydrogen-bond donors (Lipinski definition) is 3. The summed E-state index contributed by atoms with van der Waals surface area (Å²) in [6, 6.07) is 7.07. The number of carbonyl (C=O) groups is 2. The molecule has 1 fully saturated rings.